The number of nitrogens with zero attached hydrogens (tertiary/aromatic N) is 1. The predicted octanol–water partition coefficient (Wildman–Crippen LogP) is 2.90. The number of carbonyl (C=O) groups is 2. The number of ether oxygens (including phenoxy) is 1. The Morgan fingerprint density at radius 2 is 2.21 bits per heavy atom. The number of allylic oxidation sites excluding steroid dienone is 1. The maximum absolute atomic E-state index is 12.3. The molecule has 0 bridgehead atoms. The maximum Gasteiger partial charge on any atom is 0.338 e. The first kappa shape index (κ1) is 16.3. The summed E-state index contributed by atoms with van der Waals surface area (Å²) >= 11 is 1.36. The van der Waals surface area contributed by atoms with E-state index in [1.54, 1.807) is 20.0 Å². The van der Waals surface area contributed by atoms with Gasteiger partial charge in [0.2, 0.25) is 0 Å². The zero-order valence-electron chi connectivity index (χ0n) is 13.5. The van der Waals surface area contributed by atoms with E-state index in [1.807, 2.05) is 19.1 Å². The molecule has 2 amide bonds. The third-order valence-electron chi connectivity index (χ3n) is 3.52. The van der Waals surface area contributed by atoms with E-state index >= 15 is 0 Å². The summed E-state index contributed by atoms with van der Waals surface area (Å²) in [4.78, 5) is 29.2. The van der Waals surface area contributed by atoms with Crippen molar-refractivity contribution in [3.63, 3.8) is 0 Å². The molecule has 1 aliphatic heterocycles. The summed E-state index contributed by atoms with van der Waals surface area (Å²) in [6.45, 7) is 5.53. The maximum atomic E-state index is 12.3. The van der Waals surface area contributed by atoms with Gasteiger partial charge in [0.15, 0.2) is 10.8 Å². The van der Waals surface area contributed by atoms with E-state index in [9.17, 15) is 9.59 Å². The first-order chi connectivity index (χ1) is 11.5. The molecule has 2 N–H and O–H groups in total. The molecule has 2 aromatic heterocycles. The lowest BCUT2D eigenvalue weighted by atomic mass is 10.0. The van der Waals surface area contributed by atoms with Crippen LogP contribution in [0.25, 0.3) is 10.8 Å². The zero-order valence-corrected chi connectivity index (χ0v) is 14.3. The van der Waals surface area contributed by atoms with Gasteiger partial charge in [-0.05, 0) is 32.9 Å². The molecule has 8 heteroatoms. The summed E-state index contributed by atoms with van der Waals surface area (Å²) in [5.74, 6) is 0.985. The van der Waals surface area contributed by atoms with Gasteiger partial charge in [-0.25, -0.2) is 14.6 Å². The minimum absolute atomic E-state index is 0.260. The Hall–Kier alpha value is -2.61. The van der Waals surface area contributed by atoms with Crippen molar-refractivity contribution in [3.05, 3.63) is 40.2 Å². The number of carbonyl (C=O) groups excluding carboxylic acids is 2. The molecule has 3 heterocycles. The van der Waals surface area contributed by atoms with Gasteiger partial charge in [-0.15, -0.1) is 11.3 Å². The quantitative estimate of drug-likeness (QED) is 0.830. The molecule has 126 valence electrons. The highest BCUT2D eigenvalue weighted by molar-refractivity contribution is 7.15. The number of aryl methyl sites for hydroxylation is 1. The third kappa shape index (κ3) is 3.05. The van der Waals surface area contributed by atoms with E-state index in [1.165, 1.54) is 11.3 Å². The molecule has 0 saturated carbocycles. The number of hydrogen-bond donors (Lipinski definition) is 2. The SMILES string of the molecule is CCOC(=O)C1=C(C)NC(=O)NC1c1cnc(-c2ccc(C)o2)s1. The molecule has 2 aromatic rings. The number of nitrogens with one attached hydrogen (secondary N) is 2. The van der Waals surface area contributed by atoms with Gasteiger partial charge in [0.1, 0.15) is 11.8 Å². The van der Waals surface area contributed by atoms with Crippen molar-refractivity contribution in [3.8, 4) is 10.8 Å². The van der Waals surface area contributed by atoms with Crippen LogP contribution >= 0.6 is 11.3 Å². The molecular formula is C16H17N3O4S. The monoisotopic (exact) mass is 347 g/mol. The first-order valence-electron chi connectivity index (χ1n) is 7.47. The molecule has 0 saturated heterocycles. The van der Waals surface area contributed by atoms with Gasteiger partial charge in [0.05, 0.1) is 17.1 Å². The van der Waals surface area contributed by atoms with Crippen molar-refractivity contribution < 1.29 is 18.7 Å². The smallest absolute Gasteiger partial charge is 0.338 e. The number of rotatable bonds is 4. The molecule has 3 rings (SSSR count). The minimum Gasteiger partial charge on any atom is -0.463 e. The molecular weight excluding hydrogens is 330 g/mol. The Balaban J connectivity index is 1.96. The second-order valence-electron chi connectivity index (χ2n) is 5.27. The van der Waals surface area contributed by atoms with Crippen molar-refractivity contribution in [2.24, 2.45) is 0 Å². The Labute approximate surface area is 142 Å². The number of urea groups is 1. The lowest BCUT2D eigenvalue weighted by Crippen LogP contribution is -2.45. The van der Waals surface area contributed by atoms with Crippen LogP contribution in [0.5, 0.6) is 0 Å². The van der Waals surface area contributed by atoms with E-state index in [0.29, 0.717) is 22.0 Å². The fourth-order valence-electron chi connectivity index (χ4n) is 2.47. The zero-order chi connectivity index (χ0) is 17.3. The Kier molecular flexibility index (Phi) is 4.39. The van der Waals surface area contributed by atoms with Crippen LogP contribution in [-0.4, -0.2) is 23.6 Å². The molecule has 1 atom stereocenters. The van der Waals surface area contributed by atoms with Crippen molar-refractivity contribution >= 4 is 23.3 Å². The highest BCUT2D eigenvalue weighted by atomic mass is 32.1. The number of hydrogen-bond acceptors (Lipinski definition) is 6. The highest BCUT2D eigenvalue weighted by Gasteiger charge is 2.33. The predicted molar refractivity (Wildman–Crippen MR) is 88.3 cm³/mol. The second-order valence-corrected chi connectivity index (χ2v) is 6.33. The molecule has 24 heavy (non-hydrogen) atoms. The fraction of sp³-hybridized carbons (Fsp3) is 0.312. The van der Waals surface area contributed by atoms with Crippen LogP contribution in [-0.2, 0) is 9.53 Å². The summed E-state index contributed by atoms with van der Waals surface area (Å²) in [6.07, 6.45) is 1.64. The van der Waals surface area contributed by atoms with Gasteiger partial charge in [-0.2, -0.15) is 0 Å². The van der Waals surface area contributed by atoms with Gasteiger partial charge in [-0.1, -0.05) is 0 Å². The number of aromatic nitrogens is 1. The van der Waals surface area contributed by atoms with E-state index in [0.717, 1.165) is 10.6 Å². The van der Waals surface area contributed by atoms with Crippen LogP contribution in [0.15, 0.2) is 34.0 Å². The first-order valence-corrected chi connectivity index (χ1v) is 8.29. The number of esters is 1. The van der Waals surface area contributed by atoms with Gasteiger partial charge >= 0.3 is 12.0 Å². The highest BCUT2D eigenvalue weighted by Crippen LogP contribution is 2.35. The Bertz CT molecular complexity index is 821. The lowest BCUT2D eigenvalue weighted by molar-refractivity contribution is -0.139. The third-order valence-corrected chi connectivity index (χ3v) is 4.60. The normalized spacial score (nSPS) is 17.5. The van der Waals surface area contributed by atoms with E-state index in [4.69, 9.17) is 9.15 Å². The van der Waals surface area contributed by atoms with E-state index in [2.05, 4.69) is 15.6 Å². The van der Waals surface area contributed by atoms with Crippen molar-refractivity contribution in [2.45, 2.75) is 26.8 Å². The molecule has 0 aromatic carbocycles. The van der Waals surface area contributed by atoms with Crippen LogP contribution in [0.2, 0.25) is 0 Å². The summed E-state index contributed by atoms with van der Waals surface area (Å²) < 4.78 is 10.7. The summed E-state index contributed by atoms with van der Waals surface area (Å²) in [5, 5.41) is 6.04. The largest absolute Gasteiger partial charge is 0.463 e. The molecule has 0 radical (unpaired) electrons. The van der Waals surface area contributed by atoms with Crippen molar-refractivity contribution in [2.75, 3.05) is 6.61 Å². The second kappa shape index (κ2) is 6.48. The average molecular weight is 347 g/mol. The molecule has 0 fully saturated rings. The van der Waals surface area contributed by atoms with Gasteiger partial charge in [0, 0.05) is 11.9 Å². The number of thiazole rings is 1. The standard InChI is InChI=1S/C16H17N3O4S/c1-4-22-15(20)12-9(3)18-16(21)19-13(12)11-7-17-14(24-11)10-6-5-8(2)23-10/h5-7,13H,4H2,1-3H3,(H2,18,19,21). The summed E-state index contributed by atoms with van der Waals surface area (Å²) in [5.41, 5.74) is 0.855. The lowest BCUT2D eigenvalue weighted by Gasteiger charge is -2.26. The Morgan fingerprint density at radius 3 is 2.88 bits per heavy atom. The van der Waals surface area contributed by atoms with Crippen LogP contribution in [0.1, 0.15) is 30.5 Å². The van der Waals surface area contributed by atoms with Crippen LogP contribution in [0.4, 0.5) is 4.79 Å². The van der Waals surface area contributed by atoms with Gasteiger partial charge in [-0.3, -0.25) is 0 Å². The number of furan rings is 1. The van der Waals surface area contributed by atoms with Crippen LogP contribution in [0, 0.1) is 6.92 Å². The summed E-state index contributed by atoms with van der Waals surface area (Å²) in [6, 6.07) is 2.73. The summed E-state index contributed by atoms with van der Waals surface area (Å²) in [7, 11) is 0. The van der Waals surface area contributed by atoms with Gasteiger partial charge in [0.25, 0.3) is 0 Å². The van der Waals surface area contributed by atoms with Crippen LogP contribution in [0.3, 0.4) is 0 Å². The fourth-order valence-corrected chi connectivity index (χ4v) is 3.41. The minimum atomic E-state index is -0.597. The topological polar surface area (TPSA) is 93.5 Å². The molecule has 7 nitrogen and oxygen atoms in total. The van der Waals surface area contributed by atoms with E-state index in [-0.39, 0.29) is 12.6 Å². The van der Waals surface area contributed by atoms with Crippen molar-refractivity contribution in [1.82, 2.24) is 15.6 Å². The van der Waals surface area contributed by atoms with E-state index < -0.39 is 12.0 Å². The molecule has 0 aliphatic carbocycles. The molecule has 1 aliphatic rings. The molecule has 0 spiro atoms. The average Bonchev–Trinajstić information content (AvgIpc) is 3.15. The molecule has 1 unspecified atom stereocenters. The number of amides is 2. The van der Waals surface area contributed by atoms with Crippen LogP contribution < -0.4 is 10.6 Å². The van der Waals surface area contributed by atoms with Crippen molar-refractivity contribution in [1.29, 1.82) is 0 Å². The Morgan fingerprint density at radius 1 is 1.42 bits per heavy atom. The van der Waals surface area contributed by atoms with Gasteiger partial charge < -0.3 is 19.8 Å².